The number of aromatic nitrogens is 1. The highest BCUT2D eigenvalue weighted by molar-refractivity contribution is 5.62. The molecule has 2 aromatic rings. The van der Waals surface area contributed by atoms with Crippen molar-refractivity contribution in [3.05, 3.63) is 59.6 Å². The summed E-state index contributed by atoms with van der Waals surface area (Å²) in [5.41, 5.74) is 3.69. The van der Waals surface area contributed by atoms with Gasteiger partial charge in [0.1, 0.15) is 0 Å². The summed E-state index contributed by atoms with van der Waals surface area (Å²) in [4.78, 5) is 0. The maximum absolute atomic E-state index is 11.0. The van der Waals surface area contributed by atoms with Crippen LogP contribution < -0.4 is 4.73 Å². The average Bonchev–Trinajstić information content (AvgIpc) is 2.29. The van der Waals surface area contributed by atoms with E-state index in [2.05, 4.69) is 45.0 Å². The molecule has 0 saturated carbocycles. The molecule has 0 fully saturated rings. The lowest BCUT2D eigenvalue weighted by Crippen LogP contribution is -2.23. The summed E-state index contributed by atoms with van der Waals surface area (Å²) >= 11 is 0. The summed E-state index contributed by atoms with van der Waals surface area (Å²) in [6.45, 7) is 6.60. The van der Waals surface area contributed by atoms with Gasteiger partial charge in [0, 0.05) is 12.1 Å². The number of benzene rings is 1. The SMILES string of the molecule is CC(C)(C)c1ccc(-c2cc[n+]([O-])cc2)cc1. The van der Waals surface area contributed by atoms with E-state index in [9.17, 15) is 5.21 Å². The Bertz CT molecular complexity index is 492. The third kappa shape index (κ3) is 2.64. The predicted molar refractivity (Wildman–Crippen MR) is 69.5 cm³/mol. The van der Waals surface area contributed by atoms with Crippen LogP contribution in [0.25, 0.3) is 11.1 Å². The first-order valence-electron chi connectivity index (χ1n) is 5.76. The van der Waals surface area contributed by atoms with Crippen LogP contribution in [0.1, 0.15) is 26.3 Å². The zero-order valence-corrected chi connectivity index (χ0v) is 10.5. The van der Waals surface area contributed by atoms with Crippen molar-refractivity contribution in [1.82, 2.24) is 0 Å². The summed E-state index contributed by atoms with van der Waals surface area (Å²) in [6, 6.07) is 12.2. The van der Waals surface area contributed by atoms with E-state index >= 15 is 0 Å². The molecule has 1 heterocycles. The molecule has 0 N–H and O–H groups in total. The van der Waals surface area contributed by atoms with Gasteiger partial charge in [-0.05, 0) is 22.1 Å². The first-order chi connectivity index (χ1) is 7.97. The number of hydrogen-bond donors (Lipinski definition) is 0. The summed E-state index contributed by atoms with van der Waals surface area (Å²) in [7, 11) is 0. The van der Waals surface area contributed by atoms with Crippen molar-refractivity contribution in [2.75, 3.05) is 0 Å². The Balaban J connectivity index is 2.33. The fourth-order valence-corrected chi connectivity index (χ4v) is 1.77. The topological polar surface area (TPSA) is 26.9 Å². The minimum absolute atomic E-state index is 0.174. The second-order valence-electron chi connectivity index (χ2n) is 5.27. The van der Waals surface area contributed by atoms with Gasteiger partial charge in [-0.3, -0.25) is 0 Å². The van der Waals surface area contributed by atoms with Gasteiger partial charge in [0.05, 0.1) is 0 Å². The van der Waals surface area contributed by atoms with E-state index in [0.29, 0.717) is 0 Å². The zero-order chi connectivity index (χ0) is 12.5. The molecule has 1 aromatic carbocycles. The van der Waals surface area contributed by atoms with Crippen LogP contribution in [0, 0.1) is 5.21 Å². The van der Waals surface area contributed by atoms with Crippen LogP contribution in [0.5, 0.6) is 0 Å². The zero-order valence-electron chi connectivity index (χ0n) is 10.5. The number of rotatable bonds is 1. The van der Waals surface area contributed by atoms with Gasteiger partial charge in [-0.15, -0.1) is 0 Å². The van der Waals surface area contributed by atoms with E-state index in [1.807, 2.05) is 12.1 Å². The maximum Gasteiger partial charge on any atom is 0.180 e. The molecule has 2 heteroatoms. The molecule has 0 bridgehead atoms. The second-order valence-corrected chi connectivity index (χ2v) is 5.27. The van der Waals surface area contributed by atoms with Crippen LogP contribution in [0.15, 0.2) is 48.8 Å². The highest BCUT2D eigenvalue weighted by Gasteiger charge is 2.12. The highest BCUT2D eigenvalue weighted by atomic mass is 16.5. The lowest BCUT2D eigenvalue weighted by Gasteiger charge is -2.19. The molecule has 1 aromatic heterocycles. The van der Waals surface area contributed by atoms with Gasteiger partial charge < -0.3 is 5.21 Å². The Kier molecular flexibility index (Phi) is 2.88. The number of hydrogen-bond acceptors (Lipinski definition) is 1. The lowest BCUT2D eigenvalue weighted by molar-refractivity contribution is -0.605. The van der Waals surface area contributed by atoms with Crippen molar-refractivity contribution in [1.29, 1.82) is 0 Å². The summed E-state index contributed by atoms with van der Waals surface area (Å²) in [5, 5.41) is 11.0. The van der Waals surface area contributed by atoms with Gasteiger partial charge >= 0.3 is 0 Å². The van der Waals surface area contributed by atoms with Gasteiger partial charge in [0.25, 0.3) is 0 Å². The first-order valence-corrected chi connectivity index (χ1v) is 5.76. The lowest BCUT2D eigenvalue weighted by atomic mass is 9.86. The normalized spacial score (nSPS) is 11.5. The molecule has 0 aliphatic heterocycles. The molecule has 0 aliphatic rings. The molecule has 0 atom stereocenters. The Morgan fingerprint density at radius 2 is 1.29 bits per heavy atom. The van der Waals surface area contributed by atoms with Crippen molar-refractivity contribution in [2.24, 2.45) is 0 Å². The first kappa shape index (κ1) is 11.6. The second kappa shape index (κ2) is 4.21. The quantitative estimate of drug-likeness (QED) is 0.542. The summed E-state index contributed by atoms with van der Waals surface area (Å²) < 4.78 is 0.799. The highest BCUT2D eigenvalue weighted by Crippen LogP contribution is 2.25. The monoisotopic (exact) mass is 227 g/mol. The number of pyridine rings is 1. The standard InChI is InChI=1S/C15H17NO/c1-15(2,3)14-6-4-12(5-7-14)13-8-10-16(17)11-9-13/h4-11H,1-3H3. The van der Waals surface area contributed by atoms with Gasteiger partial charge in [-0.25, -0.2) is 0 Å². The minimum Gasteiger partial charge on any atom is -0.619 e. The van der Waals surface area contributed by atoms with Crippen LogP contribution in [0.3, 0.4) is 0 Å². The molecular formula is C15H17NO. The fourth-order valence-electron chi connectivity index (χ4n) is 1.77. The molecule has 2 rings (SSSR count). The summed E-state index contributed by atoms with van der Waals surface area (Å²) in [6.07, 6.45) is 3.04. The molecule has 0 amide bonds. The Morgan fingerprint density at radius 1 is 0.824 bits per heavy atom. The molecule has 0 unspecified atom stereocenters. The van der Waals surface area contributed by atoms with Crippen molar-refractivity contribution >= 4 is 0 Å². The smallest absolute Gasteiger partial charge is 0.180 e. The van der Waals surface area contributed by atoms with Crippen molar-refractivity contribution < 1.29 is 4.73 Å². The molecule has 88 valence electrons. The van der Waals surface area contributed by atoms with E-state index in [-0.39, 0.29) is 5.41 Å². The molecule has 0 spiro atoms. The molecule has 17 heavy (non-hydrogen) atoms. The van der Waals surface area contributed by atoms with Crippen LogP contribution >= 0.6 is 0 Å². The summed E-state index contributed by atoms with van der Waals surface area (Å²) in [5.74, 6) is 0. The van der Waals surface area contributed by atoms with Crippen LogP contribution in [0.2, 0.25) is 0 Å². The van der Waals surface area contributed by atoms with E-state index in [1.54, 1.807) is 0 Å². The average molecular weight is 227 g/mol. The third-order valence-electron chi connectivity index (χ3n) is 2.89. The molecule has 0 radical (unpaired) electrons. The van der Waals surface area contributed by atoms with Crippen LogP contribution in [0.4, 0.5) is 0 Å². The van der Waals surface area contributed by atoms with E-state index in [4.69, 9.17) is 0 Å². The van der Waals surface area contributed by atoms with Crippen molar-refractivity contribution in [3.8, 4) is 11.1 Å². The maximum atomic E-state index is 11.0. The Labute approximate surface area is 102 Å². The van der Waals surface area contributed by atoms with E-state index < -0.39 is 0 Å². The van der Waals surface area contributed by atoms with Crippen LogP contribution in [-0.2, 0) is 5.41 Å². The van der Waals surface area contributed by atoms with Gasteiger partial charge in [0.15, 0.2) is 12.4 Å². The number of nitrogens with zero attached hydrogens (tertiary/aromatic N) is 1. The molecule has 0 aliphatic carbocycles. The van der Waals surface area contributed by atoms with Gasteiger partial charge in [-0.1, -0.05) is 45.0 Å². The predicted octanol–water partition coefficient (Wildman–Crippen LogP) is 3.28. The van der Waals surface area contributed by atoms with Crippen molar-refractivity contribution in [3.63, 3.8) is 0 Å². The van der Waals surface area contributed by atoms with Gasteiger partial charge in [0.2, 0.25) is 0 Å². The van der Waals surface area contributed by atoms with E-state index in [0.717, 1.165) is 15.9 Å². The molecule has 2 nitrogen and oxygen atoms in total. The minimum atomic E-state index is 0.174. The van der Waals surface area contributed by atoms with E-state index in [1.165, 1.54) is 18.0 Å². The molecular weight excluding hydrogens is 210 g/mol. The largest absolute Gasteiger partial charge is 0.619 e. The molecule has 0 saturated heterocycles. The fraction of sp³-hybridized carbons (Fsp3) is 0.267. The third-order valence-corrected chi connectivity index (χ3v) is 2.89. The Morgan fingerprint density at radius 3 is 1.76 bits per heavy atom. The van der Waals surface area contributed by atoms with Crippen molar-refractivity contribution in [2.45, 2.75) is 26.2 Å². The Hall–Kier alpha value is -1.83. The van der Waals surface area contributed by atoms with Gasteiger partial charge in [-0.2, -0.15) is 4.73 Å². The van der Waals surface area contributed by atoms with Crippen LogP contribution in [-0.4, -0.2) is 0 Å².